The number of hydrogen-bond acceptors (Lipinski definition) is 4. The summed E-state index contributed by atoms with van der Waals surface area (Å²) in [6, 6.07) is 6.86. The van der Waals surface area contributed by atoms with Gasteiger partial charge in [0.1, 0.15) is 5.82 Å². The number of nitrogens with zero attached hydrogens (tertiary/aromatic N) is 2. The summed E-state index contributed by atoms with van der Waals surface area (Å²) in [5.74, 6) is 6.09. The van der Waals surface area contributed by atoms with Gasteiger partial charge in [-0.1, -0.05) is 12.1 Å². The molecule has 0 aliphatic carbocycles. The summed E-state index contributed by atoms with van der Waals surface area (Å²) in [7, 11) is 0. The molecule has 1 heterocycles. The Hall–Kier alpha value is -1.37. The highest BCUT2D eigenvalue weighted by Crippen LogP contribution is 2.22. The van der Waals surface area contributed by atoms with Gasteiger partial charge in [-0.05, 0) is 31.0 Å². The van der Waals surface area contributed by atoms with E-state index in [9.17, 15) is 4.39 Å². The van der Waals surface area contributed by atoms with Gasteiger partial charge >= 0.3 is 0 Å². The van der Waals surface area contributed by atoms with Gasteiger partial charge in [0.2, 0.25) is 0 Å². The van der Waals surface area contributed by atoms with Crippen LogP contribution >= 0.6 is 11.8 Å². The fourth-order valence-electron chi connectivity index (χ4n) is 1.89. The van der Waals surface area contributed by atoms with Crippen molar-refractivity contribution in [1.82, 2.24) is 15.2 Å². The van der Waals surface area contributed by atoms with E-state index < -0.39 is 0 Å². The van der Waals surface area contributed by atoms with Crippen molar-refractivity contribution >= 4 is 11.8 Å². The Morgan fingerprint density at radius 1 is 1.45 bits per heavy atom. The number of nitrogens with one attached hydrogen (secondary N) is 1. The van der Waals surface area contributed by atoms with E-state index in [2.05, 4.69) is 10.5 Å². The van der Waals surface area contributed by atoms with Crippen LogP contribution in [0.5, 0.6) is 0 Å². The Labute approximate surface area is 122 Å². The van der Waals surface area contributed by atoms with E-state index in [-0.39, 0.29) is 11.9 Å². The molecule has 0 bridgehead atoms. The van der Waals surface area contributed by atoms with Crippen molar-refractivity contribution in [3.05, 3.63) is 48.0 Å². The lowest BCUT2D eigenvalue weighted by molar-refractivity contribution is 0.572. The molecule has 0 spiro atoms. The Balaban J connectivity index is 1.91. The first-order valence-electron chi connectivity index (χ1n) is 6.57. The second kappa shape index (κ2) is 7.42. The van der Waals surface area contributed by atoms with Gasteiger partial charge in [0, 0.05) is 29.4 Å². The zero-order valence-electron chi connectivity index (χ0n) is 11.4. The molecule has 20 heavy (non-hydrogen) atoms. The molecule has 4 nitrogen and oxygen atoms in total. The van der Waals surface area contributed by atoms with E-state index >= 15 is 0 Å². The zero-order chi connectivity index (χ0) is 14.4. The number of rotatable bonds is 7. The van der Waals surface area contributed by atoms with Crippen LogP contribution in [0.15, 0.2) is 41.6 Å². The van der Waals surface area contributed by atoms with Gasteiger partial charge in [-0.2, -0.15) is 5.10 Å². The summed E-state index contributed by atoms with van der Waals surface area (Å²) in [6.45, 7) is 2.90. The molecule has 2 rings (SSSR count). The largest absolute Gasteiger partial charge is 0.273 e. The fourth-order valence-corrected chi connectivity index (χ4v) is 2.86. The molecule has 3 N–H and O–H groups in total. The van der Waals surface area contributed by atoms with Crippen molar-refractivity contribution in [1.29, 1.82) is 0 Å². The van der Waals surface area contributed by atoms with E-state index in [1.807, 2.05) is 30.1 Å². The predicted molar refractivity (Wildman–Crippen MR) is 79.8 cm³/mol. The fraction of sp³-hybridized carbons (Fsp3) is 0.357. The van der Waals surface area contributed by atoms with Crippen molar-refractivity contribution in [3.8, 4) is 0 Å². The quantitative estimate of drug-likeness (QED) is 0.467. The molecule has 0 saturated carbocycles. The average Bonchev–Trinajstić information content (AvgIpc) is 2.92. The van der Waals surface area contributed by atoms with Crippen LogP contribution in [0, 0.1) is 5.82 Å². The number of aryl methyl sites for hydroxylation is 1. The Kier molecular flexibility index (Phi) is 5.58. The van der Waals surface area contributed by atoms with Crippen LogP contribution in [-0.4, -0.2) is 21.6 Å². The first-order valence-corrected chi connectivity index (χ1v) is 7.56. The third-order valence-electron chi connectivity index (χ3n) is 3.01. The summed E-state index contributed by atoms with van der Waals surface area (Å²) in [6.07, 6.45) is 4.64. The molecule has 0 fully saturated rings. The summed E-state index contributed by atoms with van der Waals surface area (Å²) >= 11 is 1.47. The lowest BCUT2D eigenvalue weighted by atomic mass is 10.1. The molecule has 1 unspecified atom stereocenters. The van der Waals surface area contributed by atoms with Crippen molar-refractivity contribution in [2.24, 2.45) is 5.84 Å². The minimum absolute atomic E-state index is 0.0779. The monoisotopic (exact) mass is 294 g/mol. The molecule has 6 heteroatoms. The summed E-state index contributed by atoms with van der Waals surface area (Å²) in [4.78, 5) is 0.650. The molecule has 0 saturated heterocycles. The summed E-state index contributed by atoms with van der Waals surface area (Å²) < 4.78 is 15.4. The molecule has 1 aromatic carbocycles. The molecule has 0 radical (unpaired) electrons. The first kappa shape index (κ1) is 15.0. The van der Waals surface area contributed by atoms with Crippen LogP contribution in [0.25, 0.3) is 0 Å². The minimum Gasteiger partial charge on any atom is -0.273 e. The van der Waals surface area contributed by atoms with Crippen LogP contribution in [0.2, 0.25) is 0 Å². The van der Waals surface area contributed by atoms with Gasteiger partial charge < -0.3 is 0 Å². The van der Waals surface area contributed by atoms with E-state index in [4.69, 9.17) is 5.84 Å². The SMILES string of the molecule is CCn1cc(CC(CSc2ccccc2F)NN)cn1. The Morgan fingerprint density at radius 2 is 2.25 bits per heavy atom. The molecule has 1 atom stereocenters. The van der Waals surface area contributed by atoms with Gasteiger partial charge in [-0.15, -0.1) is 11.8 Å². The minimum atomic E-state index is -0.188. The Morgan fingerprint density at radius 3 is 2.90 bits per heavy atom. The third kappa shape index (κ3) is 4.06. The second-order valence-corrected chi connectivity index (χ2v) is 5.58. The smallest absolute Gasteiger partial charge is 0.136 e. The van der Waals surface area contributed by atoms with Crippen LogP contribution in [0.1, 0.15) is 12.5 Å². The first-order chi connectivity index (χ1) is 9.72. The standard InChI is InChI=1S/C14H19FN4S/c1-2-19-9-11(8-17-19)7-12(18-16)10-20-14-6-4-3-5-13(14)15/h3-6,8-9,12,18H,2,7,10,16H2,1H3. The molecule has 2 aromatic rings. The molecule has 0 aliphatic heterocycles. The molecule has 0 aliphatic rings. The van der Waals surface area contributed by atoms with E-state index in [1.54, 1.807) is 12.1 Å². The van der Waals surface area contributed by atoms with E-state index in [0.717, 1.165) is 18.5 Å². The number of halogens is 1. The van der Waals surface area contributed by atoms with Gasteiger partial charge in [0.05, 0.1) is 6.20 Å². The van der Waals surface area contributed by atoms with Crippen LogP contribution in [-0.2, 0) is 13.0 Å². The third-order valence-corrected chi connectivity index (χ3v) is 4.22. The van der Waals surface area contributed by atoms with Crippen molar-refractivity contribution in [3.63, 3.8) is 0 Å². The van der Waals surface area contributed by atoms with Crippen molar-refractivity contribution < 1.29 is 4.39 Å². The van der Waals surface area contributed by atoms with Crippen LogP contribution < -0.4 is 11.3 Å². The number of nitrogens with two attached hydrogens (primary N) is 1. The second-order valence-electron chi connectivity index (χ2n) is 4.51. The normalized spacial score (nSPS) is 12.6. The van der Waals surface area contributed by atoms with Crippen LogP contribution in [0.3, 0.4) is 0 Å². The highest BCUT2D eigenvalue weighted by molar-refractivity contribution is 7.99. The van der Waals surface area contributed by atoms with Gasteiger partial charge in [-0.3, -0.25) is 16.0 Å². The van der Waals surface area contributed by atoms with E-state index in [1.165, 1.54) is 17.8 Å². The zero-order valence-corrected chi connectivity index (χ0v) is 12.2. The maximum absolute atomic E-state index is 13.5. The molecular formula is C14H19FN4S. The maximum atomic E-state index is 13.5. The Bertz CT molecular complexity index is 543. The molecule has 108 valence electrons. The van der Waals surface area contributed by atoms with Gasteiger partial charge in [0.25, 0.3) is 0 Å². The summed E-state index contributed by atoms with van der Waals surface area (Å²) in [5.41, 5.74) is 3.92. The average molecular weight is 294 g/mol. The number of hydrazine groups is 1. The molecule has 0 amide bonds. The maximum Gasteiger partial charge on any atom is 0.136 e. The lowest BCUT2D eigenvalue weighted by Crippen LogP contribution is -2.38. The topological polar surface area (TPSA) is 55.9 Å². The van der Waals surface area contributed by atoms with Crippen molar-refractivity contribution in [2.75, 3.05) is 5.75 Å². The summed E-state index contributed by atoms with van der Waals surface area (Å²) in [5, 5.41) is 4.24. The predicted octanol–water partition coefficient (Wildman–Crippen LogP) is 2.21. The van der Waals surface area contributed by atoms with Gasteiger partial charge in [-0.25, -0.2) is 4.39 Å². The van der Waals surface area contributed by atoms with Crippen LogP contribution in [0.4, 0.5) is 4.39 Å². The molecular weight excluding hydrogens is 275 g/mol. The number of thioether (sulfide) groups is 1. The van der Waals surface area contributed by atoms with Crippen molar-refractivity contribution in [2.45, 2.75) is 30.8 Å². The number of hydrogen-bond donors (Lipinski definition) is 2. The highest BCUT2D eigenvalue weighted by Gasteiger charge is 2.11. The highest BCUT2D eigenvalue weighted by atomic mass is 32.2. The van der Waals surface area contributed by atoms with E-state index in [0.29, 0.717) is 10.6 Å². The number of aromatic nitrogens is 2. The van der Waals surface area contributed by atoms with Gasteiger partial charge in [0.15, 0.2) is 0 Å². The number of benzene rings is 1. The molecule has 1 aromatic heterocycles. The lowest BCUT2D eigenvalue weighted by Gasteiger charge is -2.14.